The predicted octanol–water partition coefficient (Wildman–Crippen LogP) is 3.70. The molecule has 0 unspecified atom stereocenters. The van der Waals surface area contributed by atoms with E-state index >= 15 is 0 Å². The number of hydrogen-bond donors (Lipinski definition) is 1. The van der Waals surface area contributed by atoms with Crippen molar-refractivity contribution < 1.29 is 9.18 Å². The fourth-order valence-corrected chi connectivity index (χ4v) is 3.69. The number of thiophene rings is 1. The minimum absolute atomic E-state index is 0.0197. The normalized spacial score (nSPS) is 13.8. The molecule has 1 aliphatic rings. The summed E-state index contributed by atoms with van der Waals surface area (Å²) in [7, 11) is 0. The van der Waals surface area contributed by atoms with E-state index < -0.39 is 0 Å². The number of carbonyl (C=O) groups excluding carboxylic acids is 1. The number of rotatable bonds is 3. The average Bonchev–Trinajstić information content (AvgIpc) is 2.90. The van der Waals surface area contributed by atoms with E-state index in [1.54, 1.807) is 23.5 Å². The summed E-state index contributed by atoms with van der Waals surface area (Å²) in [4.78, 5) is 13.6. The van der Waals surface area contributed by atoms with Crippen molar-refractivity contribution in [3.8, 4) is 0 Å². The van der Waals surface area contributed by atoms with Gasteiger partial charge in [0.15, 0.2) is 0 Å². The molecular formula is C16H16FNOS. The summed E-state index contributed by atoms with van der Waals surface area (Å²) < 4.78 is 12.8. The van der Waals surface area contributed by atoms with Crippen molar-refractivity contribution in [3.63, 3.8) is 0 Å². The quantitative estimate of drug-likeness (QED) is 0.917. The Labute approximate surface area is 121 Å². The molecule has 104 valence electrons. The Kier molecular flexibility index (Phi) is 3.83. The van der Waals surface area contributed by atoms with E-state index in [1.807, 2.05) is 5.38 Å². The lowest BCUT2D eigenvalue weighted by atomic mass is 9.95. The second-order valence-corrected chi connectivity index (χ2v) is 6.03. The van der Waals surface area contributed by atoms with Gasteiger partial charge in [0.2, 0.25) is 0 Å². The van der Waals surface area contributed by atoms with Gasteiger partial charge in [-0.05, 0) is 48.9 Å². The van der Waals surface area contributed by atoms with E-state index in [-0.39, 0.29) is 11.7 Å². The molecule has 4 heteroatoms. The smallest absolute Gasteiger partial charge is 0.252 e. The van der Waals surface area contributed by atoms with Crippen LogP contribution in [0.1, 0.15) is 39.2 Å². The van der Waals surface area contributed by atoms with Crippen LogP contribution in [0.3, 0.4) is 0 Å². The lowest BCUT2D eigenvalue weighted by Gasteiger charge is -2.12. The summed E-state index contributed by atoms with van der Waals surface area (Å²) in [5.74, 6) is -0.277. The summed E-state index contributed by atoms with van der Waals surface area (Å²) in [6.45, 7) is 0.434. The number of nitrogens with one attached hydrogen (secondary N) is 1. The zero-order valence-electron chi connectivity index (χ0n) is 11.1. The highest BCUT2D eigenvalue weighted by Crippen LogP contribution is 2.30. The van der Waals surface area contributed by atoms with Crippen molar-refractivity contribution >= 4 is 17.2 Å². The number of hydrogen-bond acceptors (Lipinski definition) is 2. The van der Waals surface area contributed by atoms with Crippen LogP contribution >= 0.6 is 11.3 Å². The molecule has 0 saturated carbocycles. The van der Waals surface area contributed by atoms with E-state index in [0.717, 1.165) is 24.0 Å². The Morgan fingerprint density at radius 1 is 1.20 bits per heavy atom. The van der Waals surface area contributed by atoms with Gasteiger partial charge in [0, 0.05) is 16.8 Å². The van der Waals surface area contributed by atoms with Crippen molar-refractivity contribution in [2.24, 2.45) is 0 Å². The van der Waals surface area contributed by atoms with E-state index in [1.165, 1.54) is 35.4 Å². The van der Waals surface area contributed by atoms with Crippen LogP contribution in [0.5, 0.6) is 0 Å². The van der Waals surface area contributed by atoms with E-state index in [0.29, 0.717) is 6.54 Å². The van der Waals surface area contributed by atoms with E-state index in [4.69, 9.17) is 0 Å². The SMILES string of the molecule is O=C(NCc1ccc(F)cc1)c1csc2c1CCCC2. The Morgan fingerprint density at radius 2 is 1.95 bits per heavy atom. The first-order valence-corrected chi connectivity index (χ1v) is 7.74. The number of halogens is 1. The van der Waals surface area contributed by atoms with Gasteiger partial charge in [-0.3, -0.25) is 4.79 Å². The van der Waals surface area contributed by atoms with Crippen molar-refractivity contribution in [2.75, 3.05) is 0 Å². The monoisotopic (exact) mass is 289 g/mol. The van der Waals surface area contributed by atoms with Gasteiger partial charge in [0.1, 0.15) is 5.82 Å². The molecular weight excluding hydrogens is 273 g/mol. The first-order chi connectivity index (χ1) is 9.74. The summed E-state index contributed by atoms with van der Waals surface area (Å²) in [5, 5.41) is 4.88. The third kappa shape index (κ3) is 2.75. The second kappa shape index (κ2) is 5.75. The summed E-state index contributed by atoms with van der Waals surface area (Å²) in [6.07, 6.45) is 4.51. The van der Waals surface area contributed by atoms with Crippen LogP contribution in [0, 0.1) is 5.82 Å². The predicted molar refractivity (Wildman–Crippen MR) is 78.5 cm³/mol. The maximum Gasteiger partial charge on any atom is 0.252 e. The molecule has 1 N–H and O–H groups in total. The Hall–Kier alpha value is -1.68. The standard InChI is InChI=1S/C16H16FNOS/c17-12-7-5-11(6-8-12)9-18-16(19)14-10-20-15-4-2-1-3-13(14)15/h5-8,10H,1-4,9H2,(H,18,19). The van der Waals surface area contributed by atoms with Crippen molar-refractivity contribution in [1.82, 2.24) is 5.32 Å². The van der Waals surface area contributed by atoms with E-state index in [9.17, 15) is 9.18 Å². The third-order valence-electron chi connectivity index (χ3n) is 3.67. The van der Waals surface area contributed by atoms with Gasteiger partial charge in [-0.15, -0.1) is 11.3 Å². The molecule has 1 aromatic heterocycles. The fourth-order valence-electron chi connectivity index (χ4n) is 2.56. The number of benzene rings is 1. The van der Waals surface area contributed by atoms with Crippen molar-refractivity contribution in [1.29, 1.82) is 0 Å². The molecule has 0 bridgehead atoms. The Morgan fingerprint density at radius 3 is 2.75 bits per heavy atom. The van der Waals surface area contributed by atoms with Crippen molar-refractivity contribution in [2.45, 2.75) is 32.2 Å². The lowest BCUT2D eigenvalue weighted by molar-refractivity contribution is 0.0950. The summed E-state index contributed by atoms with van der Waals surface area (Å²) in [5.41, 5.74) is 2.97. The van der Waals surface area contributed by atoms with Gasteiger partial charge in [0.05, 0.1) is 5.56 Å². The molecule has 1 heterocycles. The highest BCUT2D eigenvalue weighted by molar-refractivity contribution is 7.10. The molecule has 3 rings (SSSR count). The topological polar surface area (TPSA) is 29.1 Å². The first kappa shape index (κ1) is 13.3. The molecule has 0 aliphatic heterocycles. The average molecular weight is 289 g/mol. The molecule has 0 saturated heterocycles. The van der Waals surface area contributed by atoms with Crippen LogP contribution in [-0.2, 0) is 19.4 Å². The molecule has 0 spiro atoms. The molecule has 0 fully saturated rings. The molecule has 2 aromatic rings. The Bertz CT molecular complexity index is 618. The van der Waals surface area contributed by atoms with Gasteiger partial charge in [-0.2, -0.15) is 0 Å². The number of aryl methyl sites for hydroxylation is 1. The molecule has 20 heavy (non-hydrogen) atoms. The van der Waals surface area contributed by atoms with Crippen LogP contribution in [0.15, 0.2) is 29.6 Å². The van der Waals surface area contributed by atoms with Gasteiger partial charge in [0.25, 0.3) is 5.91 Å². The number of amides is 1. The minimum atomic E-state index is -0.257. The Balaban J connectivity index is 1.67. The first-order valence-electron chi connectivity index (χ1n) is 6.86. The molecule has 1 amide bonds. The van der Waals surface area contributed by atoms with Crippen LogP contribution in [0.2, 0.25) is 0 Å². The van der Waals surface area contributed by atoms with Crippen LogP contribution in [0.4, 0.5) is 4.39 Å². The van der Waals surface area contributed by atoms with E-state index in [2.05, 4.69) is 5.32 Å². The number of carbonyl (C=O) groups is 1. The molecule has 0 radical (unpaired) electrons. The molecule has 1 aliphatic carbocycles. The second-order valence-electron chi connectivity index (χ2n) is 5.07. The number of fused-ring (bicyclic) bond motifs is 1. The third-order valence-corrected chi connectivity index (χ3v) is 4.76. The van der Waals surface area contributed by atoms with Crippen molar-refractivity contribution in [3.05, 3.63) is 57.0 Å². The maximum atomic E-state index is 12.8. The molecule has 1 aromatic carbocycles. The van der Waals surface area contributed by atoms with Gasteiger partial charge in [-0.25, -0.2) is 4.39 Å². The minimum Gasteiger partial charge on any atom is -0.348 e. The summed E-state index contributed by atoms with van der Waals surface area (Å²) >= 11 is 1.69. The zero-order chi connectivity index (χ0) is 13.9. The van der Waals surface area contributed by atoms with Gasteiger partial charge < -0.3 is 5.32 Å². The molecule has 2 nitrogen and oxygen atoms in total. The highest BCUT2D eigenvalue weighted by Gasteiger charge is 2.19. The molecule has 0 atom stereocenters. The van der Waals surface area contributed by atoms with Gasteiger partial charge in [-0.1, -0.05) is 12.1 Å². The maximum absolute atomic E-state index is 12.8. The fraction of sp³-hybridized carbons (Fsp3) is 0.312. The van der Waals surface area contributed by atoms with Crippen LogP contribution in [0.25, 0.3) is 0 Å². The highest BCUT2D eigenvalue weighted by atomic mass is 32.1. The van der Waals surface area contributed by atoms with Crippen LogP contribution in [-0.4, -0.2) is 5.91 Å². The largest absolute Gasteiger partial charge is 0.348 e. The lowest BCUT2D eigenvalue weighted by Crippen LogP contribution is -2.23. The van der Waals surface area contributed by atoms with Gasteiger partial charge >= 0.3 is 0 Å². The zero-order valence-corrected chi connectivity index (χ0v) is 11.9. The summed E-state index contributed by atoms with van der Waals surface area (Å²) in [6, 6.07) is 6.21. The van der Waals surface area contributed by atoms with Crippen LogP contribution < -0.4 is 5.32 Å².